The normalized spacial score (nSPS) is 11.6. The summed E-state index contributed by atoms with van der Waals surface area (Å²) in [6.45, 7) is 7.44. The summed E-state index contributed by atoms with van der Waals surface area (Å²) in [7, 11) is 0. The van der Waals surface area contributed by atoms with Crippen molar-refractivity contribution >= 4 is 40.8 Å². The van der Waals surface area contributed by atoms with Gasteiger partial charge in [0.25, 0.3) is 0 Å². The van der Waals surface area contributed by atoms with Crippen molar-refractivity contribution in [3.63, 3.8) is 0 Å². The molecule has 1 aromatic heterocycles. The number of hydrogen-bond donors (Lipinski definition) is 0. The molecular formula is C25H25F3O3S3. The standard InChI is InChI=1S/C25H25F3O3S3/c1-15(2)32-13-19-12-23(18-5-7-20(8-6-18)25(26,27)28)34-24(19)14-33-21-9-10-22(16(3)11-21)31-30-17(4)29/h5-12,15H,13-14H2,1-4H3. The van der Waals surface area contributed by atoms with Crippen LogP contribution in [0.15, 0.2) is 53.4 Å². The minimum Gasteiger partial charge on any atom is -0.287 e. The van der Waals surface area contributed by atoms with Gasteiger partial charge in [0.15, 0.2) is 5.75 Å². The number of benzene rings is 2. The number of hydrogen-bond acceptors (Lipinski definition) is 6. The minimum absolute atomic E-state index is 0.474. The Balaban J connectivity index is 1.78. The predicted molar refractivity (Wildman–Crippen MR) is 134 cm³/mol. The van der Waals surface area contributed by atoms with Crippen LogP contribution in [0.2, 0.25) is 0 Å². The molecule has 0 aliphatic heterocycles. The number of rotatable bonds is 9. The second kappa shape index (κ2) is 11.6. The number of halogens is 3. The smallest absolute Gasteiger partial charge is 0.287 e. The first-order valence-electron chi connectivity index (χ1n) is 10.5. The van der Waals surface area contributed by atoms with Crippen molar-refractivity contribution in [1.82, 2.24) is 0 Å². The summed E-state index contributed by atoms with van der Waals surface area (Å²) in [6, 6.07) is 13.1. The molecule has 182 valence electrons. The van der Waals surface area contributed by atoms with E-state index in [0.29, 0.717) is 11.0 Å². The van der Waals surface area contributed by atoms with Gasteiger partial charge in [0, 0.05) is 33.1 Å². The molecule has 0 saturated heterocycles. The lowest BCUT2D eigenvalue weighted by Gasteiger charge is -2.09. The largest absolute Gasteiger partial charge is 0.416 e. The molecule has 34 heavy (non-hydrogen) atoms. The fourth-order valence-corrected chi connectivity index (χ4v) is 6.16. The van der Waals surface area contributed by atoms with E-state index < -0.39 is 17.7 Å². The van der Waals surface area contributed by atoms with Gasteiger partial charge in [0.1, 0.15) is 0 Å². The number of thioether (sulfide) groups is 2. The molecule has 1 heterocycles. The Hall–Kier alpha value is -2.10. The van der Waals surface area contributed by atoms with Crippen LogP contribution in [-0.4, -0.2) is 11.2 Å². The van der Waals surface area contributed by atoms with Crippen molar-refractivity contribution in [2.75, 3.05) is 0 Å². The first-order valence-corrected chi connectivity index (χ1v) is 13.4. The van der Waals surface area contributed by atoms with E-state index in [-0.39, 0.29) is 0 Å². The Morgan fingerprint density at radius 3 is 2.35 bits per heavy atom. The van der Waals surface area contributed by atoms with E-state index in [2.05, 4.69) is 24.8 Å². The van der Waals surface area contributed by atoms with Crippen LogP contribution in [0.25, 0.3) is 10.4 Å². The van der Waals surface area contributed by atoms with Crippen molar-refractivity contribution in [3.8, 4) is 16.2 Å². The Labute approximate surface area is 210 Å². The molecule has 0 aliphatic rings. The predicted octanol–water partition coefficient (Wildman–Crippen LogP) is 8.53. The number of aryl methyl sites for hydroxylation is 1. The zero-order chi connectivity index (χ0) is 24.9. The van der Waals surface area contributed by atoms with E-state index >= 15 is 0 Å². The summed E-state index contributed by atoms with van der Waals surface area (Å²) in [5.74, 6) is 1.54. The summed E-state index contributed by atoms with van der Waals surface area (Å²) < 4.78 is 38.8. The molecule has 3 nitrogen and oxygen atoms in total. The molecule has 3 aromatic rings. The van der Waals surface area contributed by atoms with E-state index in [0.717, 1.165) is 44.5 Å². The summed E-state index contributed by atoms with van der Waals surface area (Å²) in [4.78, 5) is 23.8. The molecule has 0 fully saturated rings. The highest BCUT2D eigenvalue weighted by Crippen LogP contribution is 2.39. The van der Waals surface area contributed by atoms with Gasteiger partial charge in [-0.1, -0.05) is 26.0 Å². The average Bonchev–Trinajstić information content (AvgIpc) is 3.18. The Morgan fingerprint density at radius 2 is 1.76 bits per heavy atom. The lowest BCUT2D eigenvalue weighted by Crippen LogP contribution is -2.03. The molecule has 0 aliphatic carbocycles. The quantitative estimate of drug-likeness (QED) is 0.159. The van der Waals surface area contributed by atoms with Crippen LogP contribution in [0, 0.1) is 6.92 Å². The fraction of sp³-hybridized carbons (Fsp3) is 0.320. The van der Waals surface area contributed by atoms with Gasteiger partial charge in [-0.2, -0.15) is 24.9 Å². The molecule has 0 radical (unpaired) electrons. The summed E-state index contributed by atoms with van der Waals surface area (Å²) in [5, 5.41) is 0.474. The van der Waals surface area contributed by atoms with E-state index in [1.54, 1.807) is 29.2 Å². The molecule has 0 spiro atoms. The molecule has 9 heteroatoms. The second-order valence-electron chi connectivity index (χ2n) is 7.87. The number of thiophene rings is 1. The third-order valence-corrected chi connectivity index (χ3v) is 8.30. The van der Waals surface area contributed by atoms with Crippen LogP contribution in [0.1, 0.15) is 42.3 Å². The zero-order valence-corrected chi connectivity index (χ0v) is 21.6. The number of carbonyl (C=O) groups is 1. The van der Waals surface area contributed by atoms with Gasteiger partial charge in [-0.25, -0.2) is 4.79 Å². The Morgan fingerprint density at radius 1 is 1.06 bits per heavy atom. The van der Waals surface area contributed by atoms with E-state index in [4.69, 9.17) is 4.89 Å². The molecule has 0 atom stereocenters. The maximum atomic E-state index is 12.9. The van der Waals surface area contributed by atoms with Gasteiger partial charge in [0.05, 0.1) is 5.56 Å². The lowest BCUT2D eigenvalue weighted by atomic mass is 10.1. The number of carbonyl (C=O) groups excluding carboxylic acids is 1. The SMILES string of the molecule is CC(=O)OOc1ccc(SCc2sc(-c3ccc(C(F)(F)F)cc3)cc2CSC(C)C)cc1C. The Bertz CT molecular complexity index is 1120. The molecule has 0 unspecified atom stereocenters. The van der Waals surface area contributed by atoms with Crippen molar-refractivity contribution in [3.05, 3.63) is 70.1 Å². The minimum atomic E-state index is -4.34. The van der Waals surface area contributed by atoms with Gasteiger partial charge < -0.3 is 0 Å². The summed E-state index contributed by atoms with van der Waals surface area (Å²) in [5.41, 5.74) is 2.19. The van der Waals surface area contributed by atoms with Gasteiger partial charge in [-0.05, 0) is 65.3 Å². The fourth-order valence-electron chi connectivity index (χ4n) is 2.99. The zero-order valence-electron chi connectivity index (χ0n) is 19.2. The van der Waals surface area contributed by atoms with E-state index in [1.165, 1.54) is 29.5 Å². The topological polar surface area (TPSA) is 35.5 Å². The van der Waals surface area contributed by atoms with Gasteiger partial charge in [0.2, 0.25) is 0 Å². The molecular weight excluding hydrogens is 501 g/mol. The van der Waals surface area contributed by atoms with Gasteiger partial charge >= 0.3 is 12.1 Å². The van der Waals surface area contributed by atoms with Crippen molar-refractivity contribution in [2.24, 2.45) is 0 Å². The van der Waals surface area contributed by atoms with Crippen molar-refractivity contribution < 1.29 is 27.7 Å². The summed E-state index contributed by atoms with van der Waals surface area (Å²) >= 11 is 5.13. The highest BCUT2D eigenvalue weighted by molar-refractivity contribution is 7.99. The first kappa shape index (κ1) is 26.5. The molecule has 0 N–H and O–H groups in total. The first-order chi connectivity index (χ1) is 16.0. The average molecular weight is 527 g/mol. The molecule has 0 saturated carbocycles. The second-order valence-corrected chi connectivity index (χ2v) is 11.6. The van der Waals surface area contributed by atoms with Crippen LogP contribution in [-0.2, 0) is 27.4 Å². The Kier molecular flexibility index (Phi) is 9.01. The van der Waals surface area contributed by atoms with Crippen LogP contribution >= 0.6 is 34.9 Å². The van der Waals surface area contributed by atoms with Gasteiger partial charge in [-0.3, -0.25) is 9.78 Å². The molecule has 2 aromatic carbocycles. The van der Waals surface area contributed by atoms with Crippen molar-refractivity contribution in [1.29, 1.82) is 0 Å². The summed E-state index contributed by atoms with van der Waals surface area (Å²) in [6.07, 6.45) is -4.34. The monoisotopic (exact) mass is 526 g/mol. The maximum Gasteiger partial charge on any atom is 0.416 e. The lowest BCUT2D eigenvalue weighted by molar-refractivity contribution is -0.211. The third-order valence-electron chi connectivity index (χ3n) is 4.73. The molecule has 3 rings (SSSR count). The van der Waals surface area contributed by atoms with Crippen LogP contribution < -0.4 is 4.89 Å². The molecule has 0 bridgehead atoms. The third kappa shape index (κ3) is 7.45. The van der Waals surface area contributed by atoms with Crippen LogP contribution in [0.5, 0.6) is 5.75 Å². The van der Waals surface area contributed by atoms with Crippen molar-refractivity contribution in [2.45, 2.75) is 55.5 Å². The van der Waals surface area contributed by atoms with E-state index in [1.807, 2.05) is 30.8 Å². The highest BCUT2D eigenvalue weighted by Gasteiger charge is 2.30. The van der Waals surface area contributed by atoms with Gasteiger partial charge in [-0.15, -0.1) is 23.1 Å². The van der Waals surface area contributed by atoms with E-state index in [9.17, 15) is 18.0 Å². The highest BCUT2D eigenvalue weighted by atomic mass is 32.2. The molecule has 0 amide bonds. The van der Waals surface area contributed by atoms with Crippen LogP contribution in [0.4, 0.5) is 13.2 Å². The number of alkyl halides is 3. The van der Waals surface area contributed by atoms with Crippen LogP contribution in [0.3, 0.4) is 0 Å². The maximum absolute atomic E-state index is 12.9.